The average Bonchev–Trinajstić information content (AvgIpc) is 2.98. The van der Waals surface area contributed by atoms with E-state index in [1.54, 1.807) is 15.8 Å². The highest BCUT2D eigenvalue weighted by Gasteiger charge is 2.35. The highest BCUT2D eigenvalue weighted by atomic mass is 16.6. The summed E-state index contributed by atoms with van der Waals surface area (Å²) in [5.41, 5.74) is -0.567. The SMILES string of the molecule is C[C@@H](Cn1cccn1)NC(=O)[C@@H]1CCCCN1C(=O)OC(C)(C)C. The maximum absolute atomic E-state index is 12.6. The molecule has 0 aromatic carbocycles. The third kappa shape index (κ3) is 5.25. The summed E-state index contributed by atoms with van der Waals surface area (Å²) in [5.74, 6) is -0.125. The lowest BCUT2D eigenvalue weighted by Gasteiger charge is -2.36. The second-order valence-corrected chi connectivity index (χ2v) is 7.32. The lowest BCUT2D eigenvalue weighted by Crippen LogP contribution is -2.54. The van der Waals surface area contributed by atoms with E-state index in [9.17, 15) is 9.59 Å². The van der Waals surface area contributed by atoms with Crippen LogP contribution in [0.2, 0.25) is 0 Å². The van der Waals surface area contributed by atoms with E-state index in [2.05, 4.69) is 10.4 Å². The summed E-state index contributed by atoms with van der Waals surface area (Å²) in [5, 5.41) is 7.13. The molecule has 1 aromatic heterocycles. The fraction of sp³-hybridized carbons (Fsp3) is 0.706. The largest absolute Gasteiger partial charge is 0.444 e. The smallest absolute Gasteiger partial charge is 0.410 e. The first-order valence-corrected chi connectivity index (χ1v) is 8.54. The number of hydrogen-bond acceptors (Lipinski definition) is 4. The van der Waals surface area contributed by atoms with Crippen LogP contribution in [0.4, 0.5) is 4.79 Å². The number of rotatable bonds is 4. The first-order valence-electron chi connectivity index (χ1n) is 8.54. The van der Waals surface area contributed by atoms with Gasteiger partial charge in [-0.3, -0.25) is 14.4 Å². The molecular weight excluding hydrogens is 308 g/mol. The van der Waals surface area contributed by atoms with Crippen LogP contribution in [-0.2, 0) is 16.1 Å². The number of piperidine rings is 1. The Hall–Kier alpha value is -2.05. The molecule has 0 bridgehead atoms. The predicted molar refractivity (Wildman–Crippen MR) is 90.4 cm³/mol. The summed E-state index contributed by atoms with van der Waals surface area (Å²) >= 11 is 0. The van der Waals surface area contributed by atoms with Crippen molar-refractivity contribution in [3.05, 3.63) is 18.5 Å². The first kappa shape index (κ1) is 18.3. The number of aromatic nitrogens is 2. The van der Waals surface area contributed by atoms with Gasteiger partial charge in [-0.1, -0.05) is 0 Å². The van der Waals surface area contributed by atoms with Gasteiger partial charge >= 0.3 is 6.09 Å². The summed E-state index contributed by atoms with van der Waals surface area (Å²) < 4.78 is 7.22. The molecule has 134 valence electrons. The Morgan fingerprint density at radius 2 is 2.12 bits per heavy atom. The Morgan fingerprint density at radius 3 is 2.75 bits per heavy atom. The van der Waals surface area contributed by atoms with E-state index in [-0.39, 0.29) is 11.9 Å². The number of nitrogens with one attached hydrogen (secondary N) is 1. The zero-order valence-electron chi connectivity index (χ0n) is 15.0. The minimum absolute atomic E-state index is 0.0696. The Bertz CT molecular complexity index is 551. The van der Waals surface area contributed by atoms with Gasteiger partial charge in [-0.15, -0.1) is 0 Å². The van der Waals surface area contributed by atoms with Crippen molar-refractivity contribution in [3.8, 4) is 0 Å². The third-order valence-corrected chi connectivity index (χ3v) is 3.84. The quantitative estimate of drug-likeness (QED) is 0.914. The summed E-state index contributed by atoms with van der Waals surface area (Å²) in [4.78, 5) is 26.6. The molecule has 1 saturated heterocycles. The highest BCUT2D eigenvalue weighted by Crippen LogP contribution is 2.20. The number of amides is 2. The Morgan fingerprint density at radius 1 is 1.38 bits per heavy atom. The maximum Gasteiger partial charge on any atom is 0.410 e. The zero-order valence-corrected chi connectivity index (χ0v) is 15.0. The van der Waals surface area contributed by atoms with Crippen LogP contribution in [0.5, 0.6) is 0 Å². The van der Waals surface area contributed by atoms with Crippen molar-refractivity contribution in [1.29, 1.82) is 0 Å². The summed E-state index contributed by atoms with van der Waals surface area (Å²) in [7, 11) is 0. The molecule has 1 fully saturated rings. The van der Waals surface area contributed by atoms with Crippen molar-refractivity contribution >= 4 is 12.0 Å². The van der Waals surface area contributed by atoms with Crippen LogP contribution < -0.4 is 5.32 Å². The molecule has 1 N–H and O–H groups in total. The van der Waals surface area contributed by atoms with E-state index in [0.29, 0.717) is 19.5 Å². The van der Waals surface area contributed by atoms with Crippen LogP contribution in [0.3, 0.4) is 0 Å². The van der Waals surface area contributed by atoms with Gasteiger partial charge in [0.15, 0.2) is 0 Å². The fourth-order valence-electron chi connectivity index (χ4n) is 2.82. The van der Waals surface area contributed by atoms with Crippen molar-refractivity contribution in [3.63, 3.8) is 0 Å². The fourth-order valence-corrected chi connectivity index (χ4v) is 2.82. The molecule has 0 unspecified atom stereocenters. The van der Waals surface area contributed by atoms with Crippen LogP contribution in [0.1, 0.15) is 47.0 Å². The van der Waals surface area contributed by atoms with Crippen molar-refractivity contribution in [2.75, 3.05) is 6.54 Å². The van der Waals surface area contributed by atoms with Gasteiger partial charge in [0, 0.05) is 25.0 Å². The molecule has 2 amide bonds. The molecule has 7 nitrogen and oxygen atoms in total. The molecule has 7 heteroatoms. The summed E-state index contributed by atoms with van der Waals surface area (Å²) in [6.07, 6.45) is 5.65. The van der Waals surface area contributed by atoms with Crippen LogP contribution in [0, 0.1) is 0 Å². The average molecular weight is 336 g/mol. The highest BCUT2D eigenvalue weighted by molar-refractivity contribution is 5.86. The van der Waals surface area contributed by atoms with Crippen LogP contribution in [0.25, 0.3) is 0 Å². The molecular formula is C17H28N4O3. The number of ether oxygens (including phenoxy) is 1. The van der Waals surface area contributed by atoms with Gasteiger partial charge in [-0.25, -0.2) is 4.79 Å². The van der Waals surface area contributed by atoms with Crippen molar-refractivity contribution in [2.45, 2.75) is 71.2 Å². The Kier molecular flexibility index (Phi) is 5.85. The number of likely N-dealkylation sites (tertiary alicyclic amines) is 1. The summed E-state index contributed by atoms with van der Waals surface area (Å²) in [6.45, 7) is 8.57. The zero-order chi connectivity index (χ0) is 17.7. The molecule has 0 aliphatic carbocycles. The molecule has 2 heterocycles. The molecule has 1 aliphatic rings. The van der Waals surface area contributed by atoms with E-state index >= 15 is 0 Å². The topological polar surface area (TPSA) is 76.5 Å². The Labute approximate surface area is 143 Å². The van der Waals surface area contributed by atoms with Gasteiger partial charge in [0.05, 0.1) is 6.54 Å². The number of carbonyl (C=O) groups excluding carboxylic acids is 2. The van der Waals surface area contributed by atoms with Gasteiger partial charge in [0.1, 0.15) is 11.6 Å². The normalized spacial score (nSPS) is 19.7. The lowest BCUT2D eigenvalue weighted by molar-refractivity contribution is -0.128. The van der Waals surface area contributed by atoms with Gasteiger partial charge < -0.3 is 10.1 Å². The molecule has 0 saturated carbocycles. The first-order chi connectivity index (χ1) is 11.3. The Balaban J connectivity index is 1.95. The van der Waals surface area contributed by atoms with Gasteiger partial charge in [-0.05, 0) is 53.0 Å². The minimum Gasteiger partial charge on any atom is -0.444 e. The van der Waals surface area contributed by atoms with E-state index in [1.165, 1.54) is 0 Å². The van der Waals surface area contributed by atoms with Crippen LogP contribution in [-0.4, -0.2) is 50.9 Å². The standard InChI is InChI=1S/C17H28N4O3/c1-13(12-20-10-7-9-18-20)19-15(22)14-8-5-6-11-21(14)16(23)24-17(2,3)4/h7,9-10,13-14H,5-6,8,11-12H2,1-4H3,(H,19,22)/t13-,14-/m0/s1. The van der Waals surface area contributed by atoms with E-state index in [1.807, 2.05) is 40.0 Å². The number of nitrogens with zero attached hydrogens (tertiary/aromatic N) is 3. The molecule has 2 atom stereocenters. The predicted octanol–water partition coefficient (Wildman–Crippen LogP) is 2.18. The van der Waals surface area contributed by atoms with E-state index < -0.39 is 17.7 Å². The van der Waals surface area contributed by atoms with E-state index in [0.717, 1.165) is 12.8 Å². The molecule has 1 aromatic rings. The molecule has 2 rings (SSSR count). The third-order valence-electron chi connectivity index (χ3n) is 3.84. The van der Waals surface area contributed by atoms with Gasteiger partial charge in [0.25, 0.3) is 0 Å². The monoisotopic (exact) mass is 336 g/mol. The second-order valence-electron chi connectivity index (χ2n) is 7.32. The minimum atomic E-state index is -0.567. The van der Waals surface area contributed by atoms with Crippen molar-refractivity contribution < 1.29 is 14.3 Å². The van der Waals surface area contributed by atoms with Gasteiger partial charge in [0.2, 0.25) is 5.91 Å². The summed E-state index contributed by atoms with van der Waals surface area (Å²) in [6, 6.07) is 1.31. The van der Waals surface area contributed by atoms with Gasteiger partial charge in [-0.2, -0.15) is 5.10 Å². The molecule has 1 aliphatic heterocycles. The number of hydrogen-bond donors (Lipinski definition) is 1. The second kappa shape index (κ2) is 7.68. The van der Waals surface area contributed by atoms with Crippen molar-refractivity contribution in [1.82, 2.24) is 20.0 Å². The molecule has 0 radical (unpaired) electrons. The lowest BCUT2D eigenvalue weighted by atomic mass is 10.0. The molecule has 24 heavy (non-hydrogen) atoms. The van der Waals surface area contributed by atoms with Crippen LogP contribution >= 0.6 is 0 Å². The van der Waals surface area contributed by atoms with E-state index in [4.69, 9.17) is 4.74 Å². The maximum atomic E-state index is 12.6. The number of carbonyl (C=O) groups is 2. The van der Waals surface area contributed by atoms with Crippen LogP contribution in [0.15, 0.2) is 18.5 Å². The van der Waals surface area contributed by atoms with Crippen molar-refractivity contribution in [2.24, 2.45) is 0 Å². The molecule has 0 spiro atoms.